The summed E-state index contributed by atoms with van der Waals surface area (Å²) in [6.45, 7) is 7.98. The van der Waals surface area contributed by atoms with Crippen LogP contribution in [0.5, 0.6) is 0 Å². The Hall–Kier alpha value is -0.0800. The molecule has 2 N–H and O–H groups in total. The smallest absolute Gasteiger partial charge is 0.0217 e. The van der Waals surface area contributed by atoms with Crippen molar-refractivity contribution < 1.29 is 0 Å². The second-order valence-corrected chi connectivity index (χ2v) is 8.25. The lowest BCUT2D eigenvalue weighted by Crippen LogP contribution is -2.53. The standard InChI is InChI=1S/C18H36N2/c1-18(2,3)17(19)14-20(15-10-6-4-7-11-15)16-12-8-5-9-13-16/h15-17H,4-14,19H2,1-3H3. The molecule has 0 aromatic carbocycles. The minimum absolute atomic E-state index is 0.224. The first-order valence-corrected chi connectivity index (χ1v) is 9.00. The summed E-state index contributed by atoms with van der Waals surface area (Å²) in [5, 5.41) is 0. The van der Waals surface area contributed by atoms with Crippen LogP contribution in [0.25, 0.3) is 0 Å². The van der Waals surface area contributed by atoms with Crippen molar-refractivity contribution in [2.75, 3.05) is 6.54 Å². The van der Waals surface area contributed by atoms with E-state index in [1.807, 2.05) is 0 Å². The van der Waals surface area contributed by atoms with E-state index in [0.717, 1.165) is 18.6 Å². The largest absolute Gasteiger partial charge is 0.326 e. The minimum atomic E-state index is 0.224. The maximum atomic E-state index is 6.52. The Morgan fingerprint density at radius 2 is 1.25 bits per heavy atom. The molecular formula is C18H36N2. The molecule has 2 saturated carbocycles. The van der Waals surface area contributed by atoms with E-state index in [-0.39, 0.29) is 5.41 Å². The van der Waals surface area contributed by atoms with E-state index >= 15 is 0 Å². The minimum Gasteiger partial charge on any atom is -0.326 e. The molecule has 2 heteroatoms. The highest BCUT2D eigenvalue weighted by Gasteiger charge is 2.32. The molecule has 0 aromatic rings. The molecule has 1 atom stereocenters. The molecule has 2 fully saturated rings. The van der Waals surface area contributed by atoms with Crippen LogP contribution in [0.15, 0.2) is 0 Å². The Morgan fingerprint density at radius 1 is 0.850 bits per heavy atom. The number of hydrogen-bond acceptors (Lipinski definition) is 2. The Labute approximate surface area is 126 Å². The molecule has 0 spiro atoms. The second kappa shape index (κ2) is 7.26. The molecule has 0 bridgehead atoms. The summed E-state index contributed by atoms with van der Waals surface area (Å²) in [6.07, 6.45) is 14.2. The highest BCUT2D eigenvalue weighted by Crippen LogP contribution is 2.31. The second-order valence-electron chi connectivity index (χ2n) is 8.25. The van der Waals surface area contributed by atoms with E-state index in [1.165, 1.54) is 64.2 Å². The van der Waals surface area contributed by atoms with Gasteiger partial charge in [-0.25, -0.2) is 0 Å². The van der Waals surface area contributed by atoms with Gasteiger partial charge in [0.05, 0.1) is 0 Å². The molecule has 0 saturated heterocycles. The summed E-state index contributed by atoms with van der Waals surface area (Å²) in [7, 11) is 0. The van der Waals surface area contributed by atoms with Gasteiger partial charge in [-0.05, 0) is 31.1 Å². The summed E-state index contributed by atoms with van der Waals surface area (Å²) in [5.74, 6) is 0. The molecule has 2 aliphatic rings. The van der Waals surface area contributed by atoms with Gasteiger partial charge in [-0.15, -0.1) is 0 Å². The van der Waals surface area contributed by atoms with E-state index in [4.69, 9.17) is 5.73 Å². The fraction of sp³-hybridized carbons (Fsp3) is 1.00. The van der Waals surface area contributed by atoms with Crippen molar-refractivity contribution in [3.8, 4) is 0 Å². The summed E-state index contributed by atoms with van der Waals surface area (Å²) in [4.78, 5) is 2.84. The van der Waals surface area contributed by atoms with Crippen LogP contribution in [0.1, 0.15) is 85.0 Å². The fourth-order valence-electron chi connectivity index (χ4n) is 3.92. The molecule has 2 rings (SSSR count). The highest BCUT2D eigenvalue weighted by molar-refractivity contribution is 4.89. The normalized spacial score (nSPS) is 25.1. The Bertz CT molecular complexity index is 252. The first-order chi connectivity index (χ1) is 9.48. The third-order valence-corrected chi connectivity index (χ3v) is 5.61. The Morgan fingerprint density at radius 3 is 1.60 bits per heavy atom. The zero-order chi connectivity index (χ0) is 14.6. The number of nitrogens with two attached hydrogens (primary N) is 1. The van der Waals surface area contributed by atoms with Gasteiger partial charge in [-0.3, -0.25) is 4.90 Å². The average molecular weight is 280 g/mol. The average Bonchev–Trinajstić information content (AvgIpc) is 2.45. The molecule has 20 heavy (non-hydrogen) atoms. The van der Waals surface area contributed by atoms with E-state index in [1.54, 1.807) is 0 Å². The topological polar surface area (TPSA) is 29.3 Å². The fourth-order valence-corrected chi connectivity index (χ4v) is 3.92. The molecule has 0 aliphatic heterocycles. The van der Waals surface area contributed by atoms with Gasteiger partial charge >= 0.3 is 0 Å². The first-order valence-electron chi connectivity index (χ1n) is 9.00. The molecule has 1 unspecified atom stereocenters. The van der Waals surface area contributed by atoms with Crippen molar-refractivity contribution in [2.45, 2.75) is 103 Å². The molecule has 2 nitrogen and oxygen atoms in total. The van der Waals surface area contributed by atoms with Gasteiger partial charge in [0.25, 0.3) is 0 Å². The van der Waals surface area contributed by atoms with E-state index < -0.39 is 0 Å². The monoisotopic (exact) mass is 280 g/mol. The van der Waals surface area contributed by atoms with Gasteiger partial charge in [0.15, 0.2) is 0 Å². The van der Waals surface area contributed by atoms with E-state index in [2.05, 4.69) is 25.7 Å². The lowest BCUT2D eigenvalue weighted by molar-refractivity contribution is 0.0605. The van der Waals surface area contributed by atoms with Crippen molar-refractivity contribution in [1.82, 2.24) is 4.90 Å². The van der Waals surface area contributed by atoms with Crippen molar-refractivity contribution in [2.24, 2.45) is 11.1 Å². The Kier molecular flexibility index (Phi) is 5.92. The lowest BCUT2D eigenvalue weighted by atomic mass is 9.84. The summed E-state index contributed by atoms with van der Waals surface area (Å²) in [5.41, 5.74) is 6.75. The SMILES string of the molecule is CC(C)(C)C(N)CN(C1CCCCC1)C1CCCCC1. The summed E-state index contributed by atoms with van der Waals surface area (Å²) >= 11 is 0. The maximum Gasteiger partial charge on any atom is 0.0217 e. The van der Waals surface area contributed by atoms with Gasteiger partial charge in [-0.2, -0.15) is 0 Å². The zero-order valence-corrected chi connectivity index (χ0v) is 14.0. The van der Waals surface area contributed by atoms with Crippen LogP contribution in [0, 0.1) is 5.41 Å². The summed E-state index contributed by atoms with van der Waals surface area (Å²) in [6, 6.07) is 1.94. The van der Waals surface area contributed by atoms with Crippen LogP contribution in [-0.2, 0) is 0 Å². The molecule has 2 aliphatic carbocycles. The van der Waals surface area contributed by atoms with Gasteiger partial charge in [0, 0.05) is 24.7 Å². The predicted molar refractivity (Wildman–Crippen MR) is 87.9 cm³/mol. The van der Waals surface area contributed by atoms with E-state index in [9.17, 15) is 0 Å². The molecule has 0 heterocycles. The van der Waals surface area contributed by atoms with Crippen molar-refractivity contribution in [3.05, 3.63) is 0 Å². The van der Waals surface area contributed by atoms with Crippen LogP contribution in [0.2, 0.25) is 0 Å². The first kappa shape index (κ1) is 16.3. The number of nitrogens with zero attached hydrogens (tertiary/aromatic N) is 1. The molecule has 0 amide bonds. The van der Waals surface area contributed by atoms with E-state index in [0.29, 0.717) is 6.04 Å². The van der Waals surface area contributed by atoms with Gasteiger partial charge in [0.1, 0.15) is 0 Å². The van der Waals surface area contributed by atoms with Crippen LogP contribution in [-0.4, -0.2) is 29.6 Å². The lowest BCUT2D eigenvalue weighted by Gasteiger charge is -2.44. The van der Waals surface area contributed by atoms with Gasteiger partial charge < -0.3 is 5.73 Å². The molecule has 118 valence electrons. The van der Waals surface area contributed by atoms with Crippen LogP contribution in [0.3, 0.4) is 0 Å². The third-order valence-electron chi connectivity index (χ3n) is 5.61. The van der Waals surface area contributed by atoms with Crippen LogP contribution < -0.4 is 5.73 Å². The molecule has 0 radical (unpaired) electrons. The predicted octanol–water partition coefficient (Wildman–Crippen LogP) is 4.33. The molecule has 0 aromatic heterocycles. The maximum absolute atomic E-state index is 6.52. The van der Waals surface area contributed by atoms with Gasteiger partial charge in [-0.1, -0.05) is 59.3 Å². The number of rotatable bonds is 4. The van der Waals surface area contributed by atoms with Crippen molar-refractivity contribution in [3.63, 3.8) is 0 Å². The van der Waals surface area contributed by atoms with Crippen molar-refractivity contribution >= 4 is 0 Å². The molecular weight excluding hydrogens is 244 g/mol. The number of hydrogen-bond donors (Lipinski definition) is 1. The van der Waals surface area contributed by atoms with Crippen LogP contribution >= 0.6 is 0 Å². The van der Waals surface area contributed by atoms with Crippen LogP contribution in [0.4, 0.5) is 0 Å². The zero-order valence-electron chi connectivity index (χ0n) is 14.0. The van der Waals surface area contributed by atoms with Gasteiger partial charge in [0.2, 0.25) is 0 Å². The Balaban J connectivity index is 2.02. The summed E-state index contributed by atoms with van der Waals surface area (Å²) < 4.78 is 0. The third kappa shape index (κ3) is 4.46. The quantitative estimate of drug-likeness (QED) is 0.830. The van der Waals surface area contributed by atoms with Crippen molar-refractivity contribution in [1.29, 1.82) is 0 Å². The highest BCUT2D eigenvalue weighted by atomic mass is 15.2.